The maximum Gasteiger partial charge on any atom is 0.196 e. The first-order valence-corrected chi connectivity index (χ1v) is 9.86. The SMILES string of the molecule is Cc1cc(C)c(Nc2cc(Br)c3noc4c3c2C(=O)c2ccccc2-4)c(C)c1. The number of carbonyl (C=O) groups is 1. The summed E-state index contributed by atoms with van der Waals surface area (Å²) in [4.78, 5) is 13.4. The number of rotatable bonds is 2. The number of halogens is 1. The lowest BCUT2D eigenvalue weighted by Gasteiger charge is -2.20. The van der Waals surface area contributed by atoms with Crippen LogP contribution in [0.3, 0.4) is 0 Å². The summed E-state index contributed by atoms with van der Waals surface area (Å²) in [6.45, 7) is 6.23. The second kappa shape index (κ2) is 6.04. The van der Waals surface area contributed by atoms with Crippen LogP contribution in [0, 0.1) is 20.8 Å². The minimum atomic E-state index is -0.0197. The molecule has 138 valence electrons. The number of aromatic nitrogens is 1. The van der Waals surface area contributed by atoms with Gasteiger partial charge in [-0.2, -0.15) is 0 Å². The molecule has 0 atom stereocenters. The molecule has 5 rings (SSSR count). The number of benzene rings is 3. The Hall–Kier alpha value is -2.92. The summed E-state index contributed by atoms with van der Waals surface area (Å²) >= 11 is 3.60. The van der Waals surface area contributed by atoms with E-state index in [2.05, 4.69) is 59.3 Å². The number of fused-ring (bicyclic) bond motifs is 2. The van der Waals surface area contributed by atoms with Crippen LogP contribution in [-0.4, -0.2) is 10.9 Å². The second-order valence-corrected chi connectivity index (χ2v) is 8.14. The highest BCUT2D eigenvalue weighted by Gasteiger charge is 2.32. The van der Waals surface area contributed by atoms with Gasteiger partial charge in [0, 0.05) is 21.3 Å². The first-order valence-electron chi connectivity index (χ1n) is 9.06. The van der Waals surface area contributed by atoms with E-state index in [0.29, 0.717) is 22.4 Å². The van der Waals surface area contributed by atoms with Crippen molar-refractivity contribution in [3.63, 3.8) is 0 Å². The number of nitrogens with zero attached hydrogens (tertiary/aromatic N) is 1. The average Bonchev–Trinajstić information content (AvgIpc) is 3.10. The zero-order valence-corrected chi connectivity index (χ0v) is 17.3. The Bertz CT molecular complexity index is 1280. The summed E-state index contributed by atoms with van der Waals surface area (Å²) < 4.78 is 6.45. The minimum Gasteiger partial charge on any atom is -0.355 e. The number of aryl methyl sites for hydroxylation is 3. The van der Waals surface area contributed by atoms with E-state index < -0.39 is 0 Å². The smallest absolute Gasteiger partial charge is 0.196 e. The minimum absolute atomic E-state index is 0.0197. The van der Waals surface area contributed by atoms with Crippen molar-refractivity contribution in [2.75, 3.05) is 5.32 Å². The summed E-state index contributed by atoms with van der Waals surface area (Å²) in [5, 5.41) is 8.48. The van der Waals surface area contributed by atoms with Gasteiger partial charge in [-0.25, -0.2) is 0 Å². The predicted octanol–water partition coefficient (Wildman–Crippen LogP) is 6.47. The van der Waals surface area contributed by atoms with Gasteiger partial charge in [0.1, 0.15) is 5.52 Å². The van der Waals surface area contributed by atoms with Crippen LogP contribution in [0.15, 0.2) is 51.5 Å². The van der Waals surface area contributed by atoms with Crippen LogP contribution in [0.25, 0.3) is 22.2 Å². The molecule has 5 heteroatoms. The molecule has 1 N–H and O–H groups in total. The molecule has 0 fully saturated rings. The number of hydrogen-bond acceptors (Lipinski definition) is 4. The van der Waals surface area contributed by atoms with Gasteiger partial charge in [-0.05, 0) is 53.9 Å². The van der Waals surface area contributed by atoms with Gasteiger partial charge < -0.3 is 9.84 Å². The predicted molar refractivity (Wildman–Crippen MR) is 115 cm³/mol. The topological polar surface area (TPSA) is 55.1 Å². The molecule has 0 radical (unpaired) electrons. The maximum absolute atomic E-state index is 13.4. The molecule has 0 amide bonds. The zero-order valence-electron chi connectivity index (χ0n) is 15.7. The summed E-state index contributed by atoms with van der Waals surface area (Å²) in [7, 11) is 0. The Labute approximate surface area is 170 Å². The van der Waals surface area contributed by atoms with Gasteiger partial charge >= 0.3 is 0 Å². The highest BCUT2D eigenvalue weighted by atomic mass is 79.9. The van der Waals surface area contributed by atoms with Crippen molar-refractivity contribution in [1.29, 1.82) is 0 Å². The molecule has 0 aliphatic heterocycles. The van der Waals surface area contributed by atoms with Gasteiger partial charge in [0.2, 0.25) is 0 Å². The lowest BCUT2D eigenvalue weighted by atomic mass is 9.87. The van der Waals surface area contributed by atoms with Gasteiger partial charge in [-0.3, -0.25) is 4.79 Å². The molecule has 0 bridgehead atoms. The van der Waals surface area contributed by atoms with Crippen LogP contribution in [0.5, 0.6) is 0 Å². The van der Waals surface area contributed by atoms with Crippen LogP contribution >= 0.6 is 15.9 Å². The van der Waals surface area contributed by atoms with Crippen molar-refractivity contribution in [3.05, 3.63) is 74.8 Å². The van der Waals surface area contributed by atoms with E-state index >= 15 is 0 Å². The van der Waals surface area contributed by atoms with Crippen molar-refractivity contribution >= 4 is 44.0 Å². The van der Waals surface area contributed by atoms with Crippen molar-refractivity contribution in [3.8, 4) is 11.3 Å². The van der Waals surface area contributed by atoms with Gasteiger partial charge in [0.05, 0.1) is 16.6 Å². The van der Waals surface area contributed by atoms with Crippen LogP contribution in [0.4, 0.5) is 11.4 Å². The van der Waals surface area contributed by atoms with Crippen LogP contribution in [0.1, 0.15) is 32.6 Å². The molecule has 1 heterocycles. The van der Waals surface area contributed by atoms with Gasteiger partial charge in [-0.15, -0.1) is 0 Å². The third-order valence-corrected chi connectivity index (χ3v) is 5.89. The van der Waals surface area contributed by atoms with Crippen molar-refractivity contribution in [2.24, 2.45) is 0 Å². The number of anilines is 2. The molecule has 1 aliphatic rings. The fourth-order valence-corrected chi connectivity index (χ4v) is 4.63. The van der Waals surface area contributed by atoms with Gasteiger partial charge in [0.25, 0.3) is 0 Å². The molecule has 0 saturated carbocycles. The largest absolute Gasteiger partial charge is 0.355 e. The van der Waals surface area contributed by atoms with E-state index in [1.165, 1.54) is 5.56 Å². The number of ketones is 1. The van der Waals surface area contributed by atoms with E-state index in [4.69, 9.17) is 4.52 Å². The molecule has 28 heavy (non-hydrogen) atoms. The van der Waals surface area contributed by atoms with Gasteiger partial charge in [0.15, 0.2) is 11.5 Å². The Balaban J connectivity index is 1.80. The molecular weight excluding hydrogens is 416 g/mol. The Morgan fingerprint density at radius 3 is 2.39 bits per heavy atom. The maximum atomic E-state index is 13.4. The highest BCUT2D eigenvalue weighted by Crippen LogP contribution is 2.45. The molecule has 4 nitrogen and oxygen atoms in total. The van der Waals surface area contributed by atoms with Crippen LogP contribution in [-0.2, 0) is 0 Å². The second-order valence-electron chi connectivity index (χ2n) is 7.29. The third kappa shape index (κ3) is 2.36. The molecule has 0 saturated heterocycles. The lowest BCUT2D eigenvalue weighted by Crippen LogP contribution is -2.12. The quantitative estimate of drug-likeness (QED) is 0.347. The zero-order chi connectivity index (χ0) is 19.6. The van der Waals surface area contributed by atoms with E-state index in [1.54, 1.807) is 0 Å². The van der Waals surface area contributed by atoms with Crippen LogP contribution in [0.2, 0.25) is 0 Å². The number of hydrogen-bond donors (Lipinski definition) is 1. The lowest BCUT2D eigenvalue weighted by molar-refractivity contribution is 0.104. The molecule has 1 aliphatic carbocycles. The summed E-state index contributed by atoms with van der Waals surface area (Å²) in [6, 6.07) is 13.7. The molecule has 3 aromatic carbocycles. The van der Waals surface area contributed by atoms with Crippen molar-refractivity contribution in [2.45, 2.75) is 20.8 Å². The van der Waals surface area contributed by atoms with E-state index in [0.717, 1.165) is 37.9 Å². The monoisotopic (exact) mass is 432 g/mol. The van der Waals surface area contributed by atoms with Crippen molar-refractivity contribution in [1.82, 2.24) is 5.16 Å². The Morgan fingerprint density at radius 2 is 1.68 bits per heavy atom. The molecule has 1 aromatic heterocycles. The summed E-state index contributed by atoms with van der Waals surface area (Å²) in [6.07, 6.45) is 0. The van der Waals surface area contributed by atoms with Crippen LogP contribution < -0.4 is 5.32 Å². The third-order valence-electron chi connectivity index (χ3n) is 5.29. The van der Waals surface area contributed by atoms with E-state index in [1.807, 2.05) is 30.3 Å². The fourth-order valence-electron chi connectivity index (χ4n) is 4.13. The number of nitrogens with one attached hydrogen (secondary N) is 1. The molecular formula is C23H17BrN2O2. The van der Waals surface area contributed by atoms with E-state index in [-0.39, 0.29) is 5.78 Å². The highest BCUT2D eigenvalue weighted by molar-refractivity contribution is 9.10. The summed E-state index contributed by atoms with van der Waals surface area (Å²) in [5.74, 6) is 0.621. The molecule has 0 spiro atoms. The van der Waals surface area contributed by atoms with Gasteiger partial charge in [-0.1, -0.05) is 47.1 Å². The molecule has 4 aromatic rings. The van der Waals surface area contributed by atoms with Crippen molar-refractivity contribution < 1.29 is 9.32 Å². The standard InChI is InChI=1S/C23H17BrN2O2/c1-11-8-12(2)20(13(3)9-11)25-17-10-16(24)21-19-18(17)22(27)14-6-4-5-7-15(14)23(19)28-26-21/h4-10,25H,1-3H3. The number of carbonyl (C=O) groups excluding carboxylic acids is 1. The normalized spacial score (nSPS) is 12.4. The summed E-state index contributed by atoms with van der Waals surface area (Å²) in [5.41, 5.74) is 7.93. The molecule has 0 unspecified atom stereocenters. The first-order chi connectivity index (χ1) is 13.5. The average molecular weight is 433 g/mol. The fraction of sp³-hybridized carbons (Fsp3) is 0.130. The van der Waals surface area contributed by atoms with E-state index in [9.17, 15) is 4.79 Å². The Morgan fingerprint density at radius 1 is 1.00 bits per heavy atom. The first kappa shape index (κ1) is 17.2. The Kier molecular flexibility index (Phi) is 3.71.